The lowest BCUT2D eigenvalue weighted by Crippen LogP contribution is -2.01. The SMILES string of the molecule is CC(O)CCc1cccc2cnccc12. The fourth-order valence-electron chi connectivity index (χ4n) is 1.77. The lowest BCUT2D eigenvalue weighted by Gasteiger charge is -2.07. The van der Waals surface area contributed by atoms with Gasteiger partial charge in [0.25, 0.3) is 0 Å². The summed E-state index contributed by atoms with van der Waals surface area (Å²) in [6.45, 7) is 1.83. The van der Waals surface area contributed by atoms with Gasteiger partial charge in [0.15, 0.2) is 0 Å². The van der Waals surface area contributed by atoms with Crippen LogP contribution in [0.2, 0.25) is 0 Å². The van der Waals surface area contributed by atoms with E-state index in [2.05, 4.69) is 17.1 Å². The van der Waals surface area contributed by atoms with E-state index in [1.54, 1.807) is 0 Å². The molecular formula is C13H15NO. The normalized spacial score (nSPS) is 12.9. The average molecular weight is 201 g/mol. The Hall–Kier alpha value is -1.41. The third-order valence-electron chi connectivity index (χ3n) is 2.60. The Morgan fingerprint density at radius 2 is 2.20 bits per heavy atom. The lowest BCUT2D eigenvalue weighted by atomic mass is 10.0. The first kappa shape index (κ1) is 10.1. The highest BCUT2D eigenvalue weighted by Gasteiger charge is 2.02. The standard InChI is InChI=1S/C13H15NO/c1-10(15)5-6-11-3-2-4-12-9-14-8-7-13(11)12/h2-4,7-10,15H,5-6H2,1H3. The van der Waals surface area contributed by atoms with Crippen molar-refractivity contribution in [1.82, 2.24) is 4.98 Å². The molecule has 0 saturated heterocycles. The largest absolute Gasteiger partial charge is 0.393 e. The van der Waals surface area contributed by atoms with Gasteiger partial charge in [-0.1, -0.05) is 18.2 Å². The van der Waals surface area contributed by atoms with Gasteiger partial charge in [0.2, 0.25) is 0 Å². The Kier molecular flexibility index (Phi) is 2.97. The van der Waals surface area contributed by atoms with Gasteiger partial charge in [0.05, 0.1) is 6.10 Å². The monoisotopic (exact) mass is 201 g/mol. The molecule has 2 rings (SSSR count). The van der Waals surface area contributed by atoms with Crippen LogP contribution in [0.1, 0.15) is 18.9 Å². The van der Waals surface area contributed by atoms with Crippen molar-refractivity contribution in [3.63, 3.8) is 0 Å². The number of aryl methyl sites for hydroxylation is 1. The number of hydrogen-bond donors (Lipinski definition) is 1. The highest BCUT2D eigenvalue weighted by Crippen LogP contribution is 2.19. The minimum atomic E-state index is -0.234. The van der Waals surface area contributed by atoms with Gasteiger partial charge < -0.3 is 5.11 Å². The molecule has 0 amide bonds. The molecule has 0 saturated carbocycles. The third kappa shape index (κ3) is 2.34. The van der Waals surface area contributed by atoms with Crippen LogP contribution < -0.4 is 0 Å². The number of aromatic nitrogens is 1. The first-order valence-corrected chi connectivity index (χ1v) is 5.27. The van der Waals surface area contributed by atoms with Crippen molar-refractivity contribution in [2.24, 2.45) is 0 Å². The fraction of sp³-hybridized carbons (Fsp3) is 0.308. The van der Waals surface area contributed by atoms with E-state index in [4.69, 9.17) is 0 Å². The molecule has 0 aliphatic rings. The molecule has 1 aromatic carbocycles. The Labute approximate surface area is 89.6 Å². The van der Waals surface area contributed by atoms with Crippen LogP contribution >= 0.6 is 0 Å². The Balaban J connectivity index is 2.34. The number of fused-ring (bicyclic) bond motifs is 1. The van der Waals surface area contributed by atoms with Crippen LogP contribution in [0.5, 0.6) is 0 Å². The second kappa shape index (κ2) is 4.41. The summed E-state index contributed by atoms with van der Waals surface area (Å²) in [5, 5.41) is 11.7. The molecule has 0 spiro atoms. The Morgan fingerprint density at radius 3 is 3.00 bits per heavy atom. The molecule has 78 valence electrons. The Bertz CT molecular complexity index is 446. The minimum absolute atomic E-state index is 0.234. The van der Waals surface area contributed by atoms with Gasteiger partial charge in [0, 0.05) is 17.8 Å². The number of hydrogen-bond acceptors (Lipinski definition) is 2. The number of nitrogens with zero attached hydrogens (tertiary/aromatic N) is 1. The fourth-order valence-corrected chi connectivity index (χ4v) is 1.77. The third-order valence-corrected chi connectivity index (χ3v) is 2.60. The lowest BCUT2D eigenvalue weighted by molar-refractivity contribution is 0.185. The highest BCUT2D eigenvalue weighted by atomic mass is 16.3. The van der Waals surface area contributed by atoms with Gasteiger partial charge in [-0.2, -0.15) is 0 Å². The zero-order valence-corrected chi connectivity index (χ0v) is 8.85. The van der Waals surface area contributed by atoms with Crippen molar-refractivity contribution in [3.05, 3.63) is 42.2 Å². The van der Waals surface area contributed by atoms with Crippen LogP contribution in [0.15, 0.2) is 36.7 Å². The molecule has 1 atom stereocenters. The smallest absolute Gasteiger partial charge is 0.0515 e. The van der Waals surface area contributed by atoms with Crippen molar-refractivity contribution in [1.29, 1.82) is 0 Å². The molecule has 0 aliphatic heterocycles. The van der Waals surface area contributed by atoms with Crippen LogP contribution in [0.3, 0.4) is 0 Å². The summed E-state index contributed by atoms with van der Waals surface area (Å²) in [6, 6.07) is 8.26. The second-order valence-electron chi connectivity index (χ2n) is 3.90. The van der Waals surface area contributed by atoms with Crippen molar-refractivity contribution < 1.29 is 5.11 Å². The first-order valence-electron chi connectivity index (χ1n) is 5.27. The predicted octanol–water partition coefficient (Wildman–Crippen LogP) is 2.55. The summed E-state index contributed by atoms with van der Waals surface area (Å²) in [5.41, 5.74) is 1.29. The molecule has 2 heteroatoms. The summed E-state index contributed by atoms with van der Waals surface area (Å²) in [6.07, 6.45) is 5.18. The maximum atomic E-state index is 9.27. The number of aliphatic hydroxyl groups excluding tert-OH is 1. The number of aliphatic hydroxyl groups is 1. The van der Waals surface area contributed by atoms with Gasteiger partial charge in [-0.3, -0.25) is 4.98 Å². The quantitative estimate of drug-likeness (QED) is 0.827. The van der Waals surface area contributed by atoms with E-state index < -0.39 is 0 Å². The van der Waals surface area contributed by atoms with Gasteiger partial charge in [-0.25, -0.2) is 0 Å². The summed E-state index contributed by atoms with van der Waals surface area (Å²) in [5.74, 6) is 0. The van der Waals surface area contributed by atoms with Crippen LogP contribution in [0.4, 0.5) is 0 Å². The molecule has 1 unspecified atom stereocenters. The molecule has 0 aliphatic carbocycles. The van der Waals surface area contributed by atoms with E-state index in [0.717, 1.165) is 12.8 Å². The molecule has 0 fully saturated rings. The second-order valence-corrected chi connectivity index (χ2v) is 3.90. The molecule has 0 bridgehead atoms. The maximum absolute atomic E-state index is 9.27. The minimum Gasteiger partial charge on any atom is -0.393 e. The zero-order valence-electron chi connectivity index (χ0n) is 8.85. The van der Waals surface area contributed by atoms with Crippen LogP contribution in [-0.4, -0.2) is 16.2 Å². The van der Waals surface area contributed by atoms with E-state index in [1.165, 1.54) is 16.3 Å². The zero-order chi connectivity index (χ0) is 10.7. The maximum Gasteiger partial charge on any atom is 0.0515 e. The molecule has 0 radical (unpaired) electrons. The molecular weight excluding hydrogens is 186 g/mol. The van der Waals surface area contributed by atoms with Gasteiger partial charge in [0.1, 0.15) is 0 Å². The van der Waals surface area contributed by atoms with Gasteiger partial charge >= 0.3 is 0 Å². The highest BCUT2D eigenvalue weighted by molar-refractivity contribution is 5.84. The van der Waals surface area contributed by atoms with Crippen LogP contribution in [0, 0.1) is 0 Å². The van der Waals surface area contributed by atoms with E-state index >= 15 is 0 Å². The summed E-state index contributed by atoms with van der Waals surface area (Å²) >= 11 is 0. The molecule has 2 nitrogen and oxygen atoms in total. The van der Waals surface area contributed by atoms with E-state index in [1.807, 2.05) is 31.5 Å². The van der Waals surface area contributed by atoms with Crippen molar-refractivity contribution in [3.8, 4) is 0 Å². The molecule has 1 aromatic heterocycles. The molecule has 15 heavy (non-hydrogen) atoms. The molecule has 2 aromatic rings. The molecule has 1 heterocycles. The summed E-state index contributed by atoms with van der Waals surface area (Å²) in [4.78, 5) is 4.10. The van der Waals surface area contributed by atoms with Crippen LogP contribution in [0.25, 0.3) is 10.8 Å². The van der Waals surface area contributed by atoms with E-state index in [-0.39, 0.29) is 6.10 Å². The molecule has 1 N–H and O–H groups in total. The van der Waals surface area contributed by atoms with Gasteiger partial charge in [-0.05, 0) is 36.8 Å². The van der Waals surface area contributed by atoms with Gasteiger partial charge in [-0.15, -0.1) is 0 Å². The van der Waals surface area contributed by atoms with Crippen molar-refractivity contribution in [2.75, 3.05) is 0 Å². The number of benzene rings is 1. The van der Waals surface area contributed by atoms with E-state index in [9.17, 15) is 5.11 Å². The number of pyridine rings is 1. The predicted molar refractivity (Wildman–Crippen MR) is 61.7 cm³/mol. The number of rotatable bonds is 3. The van der Waals surface area contributed by atoms with Crippen molar-refractivity contribution in [2.45, 2.75) is 25.9 Å². The Morgan fingerprint density at radius 1 is 1.33 bits per heavy atom. The summed E-state index contributed by atoms with van der Waals surface area (Å²) in [7, 11) is 0. The first-order chi connectivity index (χ1) is 7.27. The van der Waals surface area contributed by atoms with Crippen molar-refractivity contribution >= 4 is 10.8 Å². The summed E-state index contributed by atoms with van der Waals surface area (Å²) < 4.78 is 0. The van der Waals surface area contributed by atoms with E-state index in [0.29, 0.717) is 0 Å². The average Bonchev–Trinajstić information content (AvgIpc) is 2.26. The van der Waals surface area contributed by atoms with Crippen LogP contribution in [-0.2, 0) is 6.42 Å². The topological polar surface area (TPSA) is 33.1 Å².